The van der Waals surface area contributed by atoms with Gasteiger partial charge in [0.1, 0.15) is 5.75 Å². The Bertz CT molecular complexity index is 431. The molecule has 3 heteroatoms. The van der Waals surface area contributed by atoms with E-state index in [1.807, 2.05) is 19.9 Å². The minimum atomic E-state index is 0.177. The number of hydrogen-bond donors (Lipinski definition) is 1. The van der Waals surface area contributed by atoms with Gasteiger partial charge in [-0.25, -0.2) is 0 Å². The van der Waals surface area contributed by atoms with E-state index >= 15 is 0 Å². The van der Waals surface area contributed by atoms with Crippen LogP contribution in [0.25, 0.3) is 0 Å². The van der Waals surface area contributed by atoms with Gasteiger partial charge in [0.2, 0.25) is 0 Å². The van der Waals surface area contributed by atoms with Crippen LogP contribution < -0.4 is 15.4 Å². The minimum absolute atomic E-state index is 0.177. The third kappa shape index (κ3) is 3.81. The van der Waals surface area contributed by atoms with Crippen LogP contribution >= 0.6 is 0 Å². The van der Waals surface area contributed by atoms with Crippen LogP contribution in [-0.2, 0) is 0 Å². The molecule has 1 unspecified atom stereocenters. The fraction of sp³-hybridized carbons (Fsp3) is 0.647. The first-order valence-corrected chi connectivity index (χ1v) is 7.94. The normalized spacial score (nSPS) is 20.0. The largest absolute Gasteiger partial charge is 0.491 e. The van der Waals surface area contributed by atoms with E-state index in [-0.39, 0.29) is 6.10 Å². The molecule has 2 N–H and O–H groups in total. The fourth-order valence-electron chi connectivity index (χ4n) is 3.05. The Labute approximate surface area is 123 Å². The molecule has 1 saturated heterocycles. The zero-order valence-corrected chi connectivity index (χ0v) is 13.1. The van der Waals surface area contributed by atoms with Gasteiger partial charge < -0.3 is 15.4 Å². The van der Waals surface area contributed by atoms with Crippen molar-refractivity contribution in [2.24, 2.45) is 0 Å². The number of ether oxygens (including phenoxy) is 1. The molecule has 0 aliphatic carbocycles. The van der Waals surface area contributed by atoms with Gasteiger partial charge in [-0.3, -0.25) is 0 Å². The fourth-order valence-corrected chi connectivity index (χ4v) is 3.05. The molecule has 1 atom stereocenters. The summed E-state index contributed by atoms with van der Waals surface area (Å²) in [6, 6.07) is 6.78. The van der Waals surface area contributed by atoms with Crippen LogP contribution in [0.15, 0.2) is 18.2 Å². The topological polar surface area (TPSA) is 38.5 Å². The van der Waals surface area contributed by atoms with Crippen LogP contribution in [0.3, 0.4) is 0 Å². The number of nitrogens with two attached hydrogens (primary N) is 1. The van der Waals surface area contributed by atoms with E-state index in [1.54, 1.807) is 0 Å². The summed E-state index contributed by atoms with van der Waals surface area (Å²) in [4.78, 5) is 2.52. The Morgan fingerprint density at radius 3 is 2.75 bits per heavy atom. The third-order valence-electron chi connectivity index (χ3n) is 3.97. The molecule has 0 amide bonds. The molecule has 1 aromatic rings. The van der Waals surface area contributed by atoms with Gasteiger partial charge in [-0.05, 0) is 39.2 Å². The van der Waals surface area contributed by atoms with Crippen molar-refractivity contribution in [2.75, 3.05) is 17.2 Å². The molecule has 3 nitrogen and oxygen atoms in total. The first-order chi connectivity index (χ1) is 9.60. The van der Waals surface area contributed by atoms with Crippen LogP contribution in [-0.4, -0.2) is 18.7 Å². The predicted octanol–water partition coefficient (Wildman–Crippen LogP) is 4.22. The van der Waals surface area contributed by atoms with Crippen molar-refractivity contribution in [3.8, 4) is 5.75 Å². The van der Waals surface area contributed by atoms with Gasteiger partial charge in [-0.15, -0.1) is 0 Å². The van der Waals surface area contributed by atoms with E-state index in [0.29, 0.717) is 6.04 Å². The monoisotopic (exact) mass is 276 g/mol. The number of rotatable bonds is 4. The molecule has 20 heavy (non-hydrogen) atoms. The Hall–Kier alpha value is -1.38. The van der Waals surface area contributed by atoms with E-state index in [4.69, 9.17) is 10.5 Å². The maximum Gasteiger partial charge on any atom is 0.123 e. The zero-order valence-electron chi connectivity index (χ0n) is 13.1. The predicted molar refractivity (Wildman–Crippen MR) is 86.5 cm³/mol. The van der Waals surface area contributed by atoms with Crippen molar-refractivity contribution in [3.05, 3.63) is 18.2 Å². The highest BCUT2D eigenvalue weighted by Crippen LogP contribution is 2.31. The molecule has 2 rings (SSSR count). The highest BCUT2D eigenvalue weighted by atomic mass is 16.5. The second kappa shape index (κ2) is 6.87. The molecule has 1 fully saturated rings. The van der Waals surface area contributed by atoms with Crippen molar-refractivity contribution in [3.63, 3.8) is 0 Å². The number of nitrogens with zero attached hydrogens (tertiary/aromatic N) is 1. The van der Waals surface area contributed by atoms with E-state index in [1.165, 1.54) is 37.8 Å². The standard InChI is InChI=1S/C17H28N2O/c1-4-15-8-6-5-7-9-19(15)16-10-14(18)11-17(12-16)20-13(2)3/h10-13,15H,4-9,18H2,1-3H3. The molecule has 0 bridgehead atoms. The zero-order chi connectivity index (χ0) is 14.5. The summed E-state index contributed by atoms with van der Waals surface area (Å²) < 4.78 is 5.82. The molecule has 0 aromatic heterocycles. The molecule has 1 aromatic carbocycles. The van der Waals surface area contributed by atoms with E-state index < -0.39 is 0 Å². The number of hydrogen-bond acceptors (Lipinski definition) is 3. The summed E-state index contributed by atoms with van der Waals surface area (Å²) in [6.07, 6.45) is 6.60. The van der Waals surface area contributed by atoms with Crippen LogP contribution in [0, 0.1) is 0 Å². The van der Waals surface area contributed by atoms with Gasteiger partial charge in [0, 0.05) is 36.1 Å². The Balaban J connectivity index is 2.26. The van der Waals surface area contributed by atoms with Gasteiger partial charge in [0.15, 0.2) is 0 Å². The number of anilines is 2. The molecule has 1 aliphatic rings. The van der Waals surface area contributed by atoms with Crippen LogP contribution in [0.2, 0.25) is 0 Å². The maximum absolute atomic E-state index is 6.06. The first-order valence-electron chi connectivity index (χ1n) is 7.94. The lowest BCUT2D eigenvalue weighted by molar-refractivity contribution is 0.242. The second-order valence-corrected chi connectivity index (χ2v) is 6.03. The quantitative estimate of drug-likeness (QED) is 0.837. The molecule has 0 radical (unpaired) electrons. The molecule has 0 saturated carbocycles. The molecule has 0 spiro atoms. The van der Waals surface area contributed by atoms with E-state index in [0.717, 1.165) is 18.0 Å². The SMILES string of the molecule is CCC1CCCCCN1c1cc(N)cc(OC(C)C)c1. The summed E-state index contributed by atoms with van der Waals surface area (Å²) >= 11 is 0. The van der Waals surface area contributed by atoms with Gasteiger partial charge in [0.25, 0.3) is 0 Å². The molecule has 112 valence electrons. The van der Waals surface area contributed by atoms with Crippen molar-refractivity contribution in [1.82, 2.24) is 0 Å². The summed E-state index contributed by atoms with van der Waals surface area (Å²) in [7, 11) is 0. The van der Waals surface area contributed by atoms with Crippen molar-refractivity contribution in [1.29, 1.82) is 0 Å². The lowest BCUT2D eigenvalue weighted by Gasteiger charge is -2.32. The number of nitrogen functional groups attached to an aromatic ring is 1. The van der Waals surface area contributed by atoms with Crippen molar-refractivity contribution < 1.29 is 4.74 Å². The number of benzene rings is 1. The average molecular weight is 276 g/mol. The van der Waals surface area contributed by atoms with Crippen LogP contribution in [0.4, 0.5) is 11.4 Å². The van der Waals surface area contributed by atoms with Crippen LogP contribution in [0.1, 0.15) is 52.9 Å². The van der Waals surface area contributed by atoms with Gasteiger partial charge in [-0.2, -0.15) is 0 Å². The highest BCUT2D eigenvalue weighted by molar-refractivity contribution is 5.61. The first kappa shape index (κ1) is 15.0. The summed E-state index contributed by atoms with van der Waals surface area (Å²) in [5.41, 5.74) is 8.07. The Morgan fingerprint density at radius 2 is 2.05 bits per heavy atom. The summed E-state index contributed by atoms with van der Waals surface area (Å²) in [6.45, 7) is 7.50. The summed E-state index contributed by atoms with van der Waals surface area (Å²) in [5, 5.41) is 0. The van der Waals surface area contributed by atoms with Gasteiger partial charge in [-0.1, -0.05) is 19.8 Å². The van der Waals surface area contributed by atoms with E-state index in [9.17, 15) is 0 Å². The molecule has 1 aliphatic heterocycles. The smallest absolute Gasteiger partial charge is 0.123 e. The molecule has 1 heterocycles. The van der Waals surface area contributed by atoms with Crippen LogP contribution in [0.5, 0.6) is 5.75 Å². The van der Waals surface area contributed by atoms with Crippen molar-refractivity contribution in [2.45, 2.75) is 65.0 Å². The molecular formula is C17H28N2O. The van der Waals surface area contributed by atoms with Gasteiger partial charge in [0.05, 0.1) is 6.10 Å². The maximum atomic E-state index is 6.06. The Kier molecular flexibility index (Phi) is 5.16. The lowest BCUT2D eigenvalue weighted by Crippen LogP contribution is -2.34. The third-order valence-corrected chi connectivity index (χ3v) is 3.97. The Morgan fingerprint density at radius 1 is 1.25 bits per heavy atom. The minimum Gasteiger partial charge on any atom is -0.491 e. The van der Waals surface area contributed by atoms with E-state index in [2.05, 4.69) is 24.0 Å². The highest BCUT2D eigenvalue weighted by Gasteiger charge is 2.20. The second-order valence-electron chi connectivity index (χ2n) is 6.03. The molecular weight excluding hydrogens is 248 g/mol. The van der Waals surface area contributed by atoms with Gasteiger partial charge >= 0.3 is 0 Å². The summed E-state index contributed by atoms with van der Waals surface area (Å²) in [5.74, 6) is 0.883. The van der Waals surface area contributed by atoms with Crippen molar-refractivity contribution >= 4 is 11.4 Å². The lowest BCUT2D eigenvalue weighted by atomic mass is 10.1. The average Bonchev–Trinajstić information content (AvgIpc) is 2.61.